The number of aromatic nitrogens is 3. The predicted molar refractivity (Wildman–Crippen MR) is 120 cm³/mol. The molecule has 2 aromatic heterocycles. The van der Waals surface area contributed by atoms with Crippen molar-refractivity contribution in [1.82, 2.24) is 25.4 Å². The largest absolute Gasteiger partial charge is 0.350 e. The number of hydrogen-bond acceptors (Lipinski definition) is 4. The van der Waals surface area contributed by atoms with Gasteiger partial charge in [-0.05, 0) is 52.2 Å². The highest BCUT2D eigenvalue weighted by Crippen LogP contribution is 2.40. The molecule has 7 nitrogen and oxygen atoms in total. The maximum absolute atomic E-state index is 13.1. The Bertz CT molecular complexity index is 1120. The molecule has 31 heavy (non-hydrogen) atoms. The fraction of sp³-hybridized carbons (Fsp3) is 0.417. The number of aryl methyl sites for hydroxylation is 1. The molecule has 0 radical (unpaired) electrons. The number of rotatable bonds is 6. The summed E-state index contributed by atoms with van der Waals surface area (Å²) in [6.07, 6.45) is 2.17. The second kappa shape index (κ2) is 8.13. The van der Waals surface area contributed by atoms with Crippen LogP contribution in [0.1, 0.15) is 66.8 Å². The highest BCUT2D eigenvalue weighted by molar-refractivity contribution is 6.07. The van der Waals surface area contributed by atoms with Crippen molar-refractivity contribution in [2.45, 2.75) is 58.5 Å². The first-order valence-electron chi connectivity index (χ1n) is 10.7. The van der Waals surface area contributed by atoms with Gasteiger partial charge in [0.2, 0.25) is 5.91 Å². The molecule has 2 N–H and O–H groups in total. The van der Waals surface area contributed by atoms with Gasteiger partial charge in [0.1, 0.15) is 0 Å². The molecule has 7 heteroatoms. The van der Waals surface area contributed by atoms with Crippen LogP contribution in [0, 0.1) is 6.92 Å². The van der Waals surface area contributed by atoms with Crippen LogP contribution in [0.25, 0.3) is 11.0 Å². The minimum atomic E-state index is -0.277. The molecule has 1 aliphatic rings. The number of carbonyl (C=O) groups is 2. The lowest BCUT2D eigenvalue weighted by atomic mass is 10.1. The number of amides is 2. The standard InChI is InChI=1S/C24H29N5O2/c1-15-21-18(23(31)26-14-20(30)25-13-16-8-6-5-7-9-16)12-19(17-10-11-17)27-22(21)29(28-15)24(2,3)4/h5-9,12,17H,10-11,13-14H2,1-4H3,(H,25,30)(H,26,31). The second-order valence-electron chi connectivity index (χ2n) is 9.18. The number of fused-ring (bicyclic) bond motifs is 1. The summed E-state index contributed by atoms with van der Waals surface area (Å²) in [6, 6.07) is 11.5. The van der Waals surface area contributed by atoms with Crippen LogP contribution in [0.2, 0.25) is 0 Å². The molecule has 162 valence electrons. The topological polar surface area (TPSA) is 88.9 Å². The van der Waals surface area contributed by atoms with Gasteiger partial charge in [0, 0.05) is 18.2 Å². The fourth-order valence-electron chi connectivity index (χ4n) is 3.66. The summed E-state index contributed by atoms with van der Waals surface area (Å²) in [4.78, 5) is 30.2. The molecule has 1 aromatic carbocycles. The first kappa shape index (κ1) is 21.0. The van der Waals surface area contributed by atoms with Gasteiger partial charge in [-0.25, -0.2) is 9.67 Å². The lowest BCUT2D eigenvalue weighted by molar-refractivity contribution is -0.120. The van der Waals surface area contributed by atoms with Gasteiger partial charge < -0.3 is 10.6 Å². The van der Waals surface area contributed by atoms with Crippen molar-refractivity contribution in [3.8, 4) is 0 Å². The van der Waals surface area contributed by atoms with E-state index in [-0.39, 0.29) is 23.9 Å². The fourth-order valence-corrected chi connectivity index (χ4v) is 3.66. The molecule has 0 bridgehead atoms. The summed E-state index contributed by atoms with van der Waals surface area (Å²) in [6.45, 7) is 8.45. The van der Waals surface area contributed by atoms with Gasteiger partial charge in [-0.1, -0.05) is 30.3 Å². The highest BCUT2D eigenvalue weighted by atomic mass is 16.2. The van der Waals surface area contributed by atoms with Crippen LogP contribution in [0.3, 0.4) is 0 Å². The molecule has 0 spiro atoms. The lowest BCUT2D eigenvalue weighted by Crippen LogP contribution is -2.36. The van der Waals surface area contributed by atoms with Crippen LogP contribution in [-0.4, -0.2) is 33.1 Å². The summed E-state index contributed by atoms with van der Waals surface area (Å²) in [5.41, 5.74) is 3.71. The van der Waals surface area contributed by atoms with Gasteiger partial charge in [0.25, 0.3) is 5.91 Å². The average molecular weight is 420 g/mol. The number of carbonyl (C=O) groups excluding carboxylic acids is 2. The van der Waals surface area contributed by atoms with Gasteiger partial charge in [-0.3, -0.25) is 9.59 Å². The molecule has 0 unspecified atom stereocenters. The van der Waals surface area contributed by atoms with Crippen molar-refractivity contribution >= 4 is 22.8 Å². The zero-order valence-corrected chi connectivity index (χ0v) is 18.5. The Morgan fingerprint density at radius 3 is 2.48 bits per heavy atom. The summed E-state index contributed by atoms with van der Waals surface area (Å²) in [5, 5.41) is 11.0. The van der Waals surface area contributed by atoms with E-state index >= 15 is 0 Å². The molecule has 0 aliphatic heterocycles. The van der Waals surface area contributed by atoms with E-state index in [1.54, 1.807) is 0 Å². The Hall–Kier alpha value is -3.22. The predicted octanol–water partition coefficient (Wildman–Crippen LogP) is 3.42. The molecule has 3 aromatic rings. The lowest BCUT2D eigenvalue weighted by Gasteiger charge is -2.20. The SMILES string of the molecule is Cc1nn(C(C)(C)C)c2nc(C3CC3)cc(C(=O)NCC(=O)NCc3ccccc3)c12. The summed E-state index contributed by atoms with van der Waals surface area (Å²) in [5.74, 6) is -0.110. The van der Waals surface area contributed by atoms with Crippen molar-refractivity contribution in [2.75, 3.05) is 6.54 Å². The first-order chi connectivity index (χ1) is 14.7. The number of pyridine rings is 1. The van der Waals surface area contributed by atoms with Crippen molar-refractivity contribution < 1.29 is 9.59 Å². The normalized spacial score (nSPS) is 13.9. The van der Waals surface area contributed by atoms with Crippen LogP contribution in [0.15, 0.2) is 36.4 Å². The number of benzene rings is 1. The van der Waals surface area contributed by atoms with Crippen LogP contribution < -0.4 is 10.6 Å². The molecule has 1 saturated carbocycles. The summed E-state index contributed by atoms with van der Waals surface area (Å²) < 4.78 is 1.90. The number of nitrogens with one attached hydrogen (secondary N) is 2. The van der Waals surface area contributed by atoms with E-state index in [4.69, 9.17) is 4.98 Å². The molecule has 1 aliphatic carbocycles. The Morgan fingerprint density at radius 2 is 1.84 bits per heavy atom. The number of hydrogen-bond donors (Lipinski definition) is 2. The third-order valence-corrected chi connectivity index (χ3v) is 5.45. The van der Waals surface area contributed by atoms with Crippen molar-refractivity contribution in [3.63, 3.8) is 0 Å². The van der Waals surface area contributed by atoms with E-state index in [0.29, 0.717) is 18.0 Å². The van der Waals surface area contributed by atoms with E-state index in [2.05, 4.69) is 36.5 Å². The average Bonchev–Trinajstić information content (AvgIpc) is 3.53. The molecule has 2 amide bonds. The Labute approximate surface area is 182 Å². The van der Waals surface area contributed by atoms with Crippen LogP contribution >= 0.6 is 0 Å². The van der Waals surface area contributed by atoms with E-state index in [1.165, 1.54) is 0 Å². The van der Waals surface area contributed by atoms with E-state index < -0.39 is 0 Å². The van der Waals surface area contributed by atoms with Crippen LogP contribution in [0.4, 0.5) is 0 Å². The van der Waals surface area contributed by atoms with Crippen molar-refractivity contribution in [1.29, 1.82) is 0 Å². The molecule has 0 saturated heterocycles. The molecule has 0 atom stereocenters. The van der Waals surface area contributed by atoms with Gasteiger partial charge in [0.05, 0.1) is 28.7 Å². The van der Waals surface area contributed by atoms with Gasteiger partial charge >= 0.3 is 0 Å². The van der Waals surface area contributed by atoms with Crippen molar-refractivity contribution in [3.05, 3.63) is 58.9 Å². The molecular weight excluding hydrogens is 390 g/mol. The Morgan fingerprint density at radius 1 is 1.13 bits per heavy atom. The Kier molecular flexibility index (Phi) is 5.52. The van der Waals surface area contributed by atoms with E-state index in [9.17, 15) is 9.59 Å². The van der Waals surface area contributed by atoms with Crippen molar-refractivity contribution in [2.24, 2.45) is 0 Å². The minimum absolute atomic E-state index is 0.0826. The van der Waals surface area contributed by atoms with E-state index in [0.717, 1.165) is 40.8 Å². The summed E-state index contributed by atoms with van der Waals surface area (Å²) in [7, 11) is 0. The molecular formula is C24H29N5O2. The quantitative estimate of drug-likeness (QED) is 0.641. The molecule has 2 heterocycles. The van der Waals surface area contributed by atoms with Gasteiger partial charge in [0.15, 0.2) is 5.65 Å². The smallest absolute Gasteiger partial charge is 0.252 e. The van der Waals surface area contributed by atoms with Crippen LogP contribution in [-0.2, 0) is 16.9 Å². The second-order valence-corrected chi connectivity index (χ2v) is 9.18. The maximum Gasteiger partial charge on any atom is 0.252 e. The Balaban J connectivity index is 1.54. The van der Waals surface area contributed by atoms with E-state index in [1.807, 2.05) is 48.0 Å². The third-order valence-electron chi connectivity index (χ3n) is 5.45. The van der Waals surface area contributed by atoms with Crippen LogP contribution in [0.5, 0.6) is 0 Å². The zero-order chi connectivity index (χ0) is 22.2. The zero-order valence-electron chi connectivity index (χ0n) is 18.5. The number of nitrogens with zero attached hydrogens (tertiary/aromatic N) is 3. The monoisotopic (exact) mass is 419 g/mol. The summed E-state index contributed by atoms with van der Waals surface area (Å²) >= 11 is 0. The highest BCUT2D eigenvalue weighted by Gasteiger charge is 2.30. The first-order valence-corrected chi connectivity index (χ1v) is 10.7. The maximum atomic E-state index is 13.1. The molecule has 1 fully saturated rings. The van der Waals surface area contributed by atoms with Gasteiger partial charge in [-0.2, -0.15) is 5.10 Å². The molecule has 4 rings (SSSR count). The minimum Gasteiger partial charge on any atom is -0.350 e. The third kappa shape index (κ3) is 4.60. The van der Waals surface area contributed by atoms with Gasteiger partial charge in [-0.15, -0.1) is 0 Å².